The number of alkyl halides is 1. The molecule has 8 nitrogen and oxygen atoms in total. The van der Waals surface area contributed by atoms with Crippen molar-refractivity contribution in [3.63, 3.8) is 0 Å². The zero-order chi connectivity index (χ0) is 20.1. The molecule has 152 valence electrons. The number of aliphatic hydroxyl groups excluding tert-OH is 1. The van der Waals surface area contributed by atoms with E-state index in [9.17, 15) is 19.5 Å². The molecule has 3 heterocycles. The molecule has 3 aliphatic rings. The quantitative estimate of drug-likeness (QED) is 0.506. The lowest BCUT2D eigenvalue weighted by Crippen LogP contribution is -2.58. The van der Waals surface area contributed by atoms with Gasteiger partial charge in [0.05, 0.1) is 17.9 Å². The first-order valence-electron chi connectivity index (χ1n) is 9.34. The molecular weight excluding hydrogens is 418 g/mol. The van der Waals surface area contributed by atoms with Crippen LogP contribution in [0.3, 0.4) is 0 Å². The van der Waals surface area contributed by atoms with Gasteiger partial charge < -0.3 is 25.4 Å². The highest BCUT2D eigenvalue weighted by Crippen LogP contribution is 2.59. The van der Waals surface area contributed by atoms with Crippen molar-refractivity contribution in [1.29, 1.82) is 0 Å². The molecule has 0 aromatic carbocycles. The highest BCUT2D eigenvalue weighted by molar-refractivity contribution is 9.09. The van der Waals surface area contributed by atoms with Crippen molar-refractivity contribution in [3.8, 4) is 0 Å². The van der Waals surface area contributed by atoms with E-state index in [0.29, 0.717) is 12.8 Å². The van der Waals surface area contributed by atoms with Crippen LogP contribution in [0.15, 0.2) is 0 Å². The van der Waals surface area contributed by atoms with Gasteiger partial charge in [-0.15, -0.1) is 0 Å². The van der Waals surface area contributed by atoms with Crippen LogP contribution in [0.5, 0.6) is 0 Å². The highest BCUT2D eigenvalue weighted by Gasteiger charge is 2.76. The molecule has 3 unspecified atom stereocenters. The first-order valence-corrected chi connectivity index (χ1v) is 10.3. The summed E-state index contributed by atoms with van der Waals surface area (Å²) >= 11 is 3.59. The number of aliphatic hydroxyl groups is 1. The van der Waals surface area contributed by atoms with Gasteiger partial charge in [0.25, 0.3) is 0 Å². The molecule has 27 heavy (non-hydrogen) atoms. The summed E-state index contributed by atoms with van der Waals surface area (Å²) in [5.41, 5.74) is -1.50. The molecule has 3 saturated heterocycles. The lowest BCUT2D eigenvalue weighted by molar-refractivity contribution is -0.142. The van der Waals surface area contributed by atoms with Gasteiger partial charge in [-0.1, -0.05) is 15.9 Å². The fourth-order valence-electron chi connectivity index (χ4n) is 4.82. The number of ether oxygens (including phenoxy) is 1. The molecule has 0 aliphatic carbocycles. The first-order chi connectivity index (χ1) is 12.6. The number of hydrogen-bond acceptors (Lipinski definition) is 5. The van der Waals surface area contributed by atoms with Gasteiger partial charge in [0, 0.05) is 30.6 Å². The fourth-order valence-corrected chi connectivity index (χ4v) is 5.76. The largest absolute Gasteiger partial charge is 0.396 e. The van der Waals surface area contributed by atoms with Crippen molar-refractivity contribution >= 4 is 33.7 Å². The Morgan fingerprint density at radius 3 is 2.59 bits per heavy atom. The molecule has 0 aromatic heterocycles. The summed E-state index contributed by atoms with van der Waals surface area (Å²) in [7, 11) is 1.54. The van der Waals surface area contributed by atoms with Gasteiger partial charge >= 0.3 is 0 Å². The lowest BCUT2D eigenvalue weighted by Gasteiger charge is -2.35. The SMILES string of the molecule is CNC(=O)[C@H]1[C@@H]2OC3(CC2Br)C(C(=O)NC(C)(C)C)N(CCCO)C(=O)[C@H]13. The van der Waals surface area contributed by atoms with E-state index in [-0.39, 0.29) is 35.7 Å². The van der Waals surface area contributed by atoms with E-state index >= 15 is 0 Å². The van der Waals surface area contributed by atoms with Crippen molar-refractivity contribution in [2.75, 3.05) is 20.2 Å². The Balaban J connectivity index is 2.03. The number of nitrogens with zero attached hydrogens (tertiary/aromatic N) is 1. The molecule has 6 atom stereocenters. The molecular formula is C18H28BrN3O5. The lowest BCUT2D eigenvalue weighted by atomic mass is 9.70. The molecule has 1 spiro atoms. The zero-order valence-electron chi connectivity index (χ0n) is 16.1. The van der Waals surface area contributed by atoms with E-state index in [2.05, 4.69) is 26.6 Å². The molecule has 9 heteroatoms. The van der Waals surface area contributed by atoms with E-state index < -0.39 is 35.1 Å². The monoisotopic (exact) mass is 445 g/mol. The Kier molecular flexibility index (Phi) is 5.33. The number of rotatable bonds is 5. The highest BCUT2D eigenvalue weighted by atomic mass is 79.9. The average Bonchev–Trinajstić information content (AvgIpc) is 3.14. The maximum absolute atomic E-state index is 13.3. The summed E-state index contributed by atoms with van der Waals surface area (Å²) in [6, 6.07) is -0.819. The van der Waals surface area contributed by atoms with E-state index in [4.69, 9.17) is 4.74 Å². The Hall–Kier alpha value is -1.19. The van der Waals surface area contributed by atoms with Crippen LogP contribution in [0, 0.1) is 11.8 Å². The Bertz CT molecular complexity index is 651. The van der Waals surface area contributed by atoms with Gasteiger partial charge in [0.1, 0.15) is 11.6 Å². The van der Waals surface area contributed by atoms with Crippen molar-refractivity contribution in [3.05, 3.63) is 0 Å². The Labute approximate surface area is 167 Å². The number of fused-ring (bicyclic) bond motifs is 1. The van der Waals surface area contributed by atoms with E-state index in [1.807, 2.05) is 20.8 Å². The summed E-state index contributed by atoms with van der Waals surface area (Å²) in [5, 5.41) is 14.8. The van der Waals surface area contributed by atoms with Gasteiger partial charge in [0.2, 0.25) is 17.7 Å². The number of carbonyl (C=O) groups excluding carboxylic acids is 3. The van der Waals surface area contributed by atoms with Crippen molar-refractivity contribution in [1.82, 2.24) is 15.5 Å². The average molecular weight is 446 g/mol. The number of carbonyl (C=O) groups is 3. The molecule has 3 amide bonds. The van der Waals surface area contributed by atoms with Crippen LogP contribution in [0.1, 0.15) is 33.6 Å². The topological polar surface area (TPSA) is 108 Å². The van der Waals surface area contributed by atoms with E-state index in [1.165, 1.54) is 11.9 Å². The predicted molar refractivity (Wildman–Crippen MR) is 101 cm³/mol. The third-order valence-corrected chi connectivity index (χ3v) is 6.49. The smallest absolute Gasteiger partial charge is 0.246 e. The van der Waals surface area contributed by atoms with Crippen LogP contribution in [0.2, 0.25) is 0 Å². The molecule has 0 aromatic rings. The van der Waals surface area contributed by atoms with Crippen molar-refractivity contribution in [2.24, 2.45) is 11.8 Å². The summed E-state index contributed by atoms with van der Waals surface area (Å²) in [5.74, 6) is -2.10. The third kappa shape index (κ3) is 3.17. The summed E-state index contributed by atoms with van der Waals surface area (Å²) < 4.78 is 6.27. The summed E-state index contributed by atoms with van der Waals surface area (Å²) in [4.78, 5) is 40.4. The second-order valence-corrected chi connectivity index (χ2v) is 9.80. The Morgan fingerprint density at radius 1 is 1.37 bits per heavy atom. The predicted octanol–water partition coefficient (Wildman–Crippen LogP) is -0.222. The number of hydrogen-bond donors (Lipinski definition) is 3. The van der Waals surface area contributed by atoms with Gasteiger partial charge in [-0.05, 0) is 33.6 Å². The number of likely N-dealkylation sites (tertiary alicyclic amines) is 1. The minimum atomic E-state index is -1.03. The number of nitrogens with one attached hydrogen (secondary N) is 2. The van der Waals surface area contributed by atoms with Crippen molar-refractivity contribution < 1.29 is 24.2 Å². The number of halogens is 1. The molecule has 2 bridgehead atoms. The molecule has 3 rings (SSSR count). The fraction of sp³-hybridized carbons (Fsp3) is 0.833. The second kappa shape index (κ2) is 7.00. The van der Waals surface area contributed by atoms with Crippen LogP contribution in [0.25, 0.3) is 0 Å². The maximum Gasteiger partial charge on any atom is 0.246 e. The van der Waals surface area contributed by atoms with Gasteiger partial charge in [-0.2, -0.15) is 0 Å². The summed E-state index contributed by atoms with van der Waals surface area (Å²) in [6.45, 7) is 5.79. The van der Waals surface area contributed by atoms with Gasteiger partial charge in [-0.3, -0.25) is 14.4 Å². The minimum Gasteiger partial charge on any atom is -0.396 e. The van der Waals surface area contributed by atoms with Crippen LogP contribution < -0.4 is 10.6 Å². The first kappa shape index (κ1) is 20.5. The molecule has 3 fully saturated rings. The Morgan fingerprint density at radius 2 is 2.04 bits per heavy atom. The molecule has 3 N–H and O–H groups in total. The molecule has 3 aliphatic heterocycles. The maximum atomic E-state index is 13.3. The second-order valence-electron chi connectivity index (χ2n) is 8.63. The van der Waals surface area contributed by atoms with Gasteiger partial charge in [-0.25, -0.2) is 0 Å². The third-order valence-electron chi connectivity index (χ3n) is 5.64. The van der Waals surface area contributed by atoms with Crippen LogP contribution in [-0.2, 0) is 19.1 Å². The zero-order valence-corrected chi connectivity index (χ0v) is 17.7. The molecule has 0 saturated carbocycles. The van der Waals surface area contributed by atoms with Crippen molar-refractivity contribution in [2.45, 2.75) is 61.7 Å². The molecule has 0 radical (unpaired) electrons. The van der Waals surface area contributed by atoms with Crippen LogP contribution in [-0.4, -0.2) is 76.0 Å². The van der Waals surface area contributed by atoms with E-state index in [1.54, 1.807) is 0 Å². The number of amides is 3. The van der Waals surface area contributed by atoms with Gasteiger partial charge in [0.15, 0.2) is 0 Å². The van der Waals surface area contributed by atoms with Crippen LogP contribution >= 0.6 is 15.9 Å². The summed E-state index contributed by atoms with van der Waals surface area (Å²) in [6.07, 6.45) is 0.405. The van der Waals surface area contributed by atoms with E-state index in [0.717, 1.165) is 0 Å². The standard InChI is InChI=1S/C18H28BrN3O5/c1-17(2,3)21-15(25)13-18-8-9(19)12(27-18)10(14(24)20-4)11(18)16(26)22(13)6-5-7-23/h9-13,23H,5-8H2,1-4H3,(H,20,24)(H,21,25)/t9?,10-,11+,12-,13?,18?/m1/s1. The normalized spacial score (nSPS) is 37.5. The van der Waals surface area contributed by atoms with Crippen LogP contribution in [0.4, 0.5) is 0 Å². The minimum absolute atomic E-state index is 0.0848.